The van der Waals surface area contributed by atoms with E-state index in [9.17, 15) is 9.59 Å². The molecule has 0 spiro atoms. The van der Waals surface area contributed by atoms with Crippen LogP contribution in [0.4, 0.5) is 5.69 Å². The molecule has 2 rings (SSSR count). The summed E-state index contributed by atoms with van der Waals surface area (Å²) in [6, 6.07) is 2.87. The second-order valence-corrected chi connectivity index (χ2v) is 5.17. The lowest BCUT2D eigenvalue weighted by molar-refractivity contribution is -0.135. The molecular weight excluding hydrogens is 242 g/mol. The van der Waals surface area contributed by atoms with Gasteiger partial charge < -0.3 is 10.6 Å². The molecule has 1 fully saturated rings. The fourth-order valence-electron chi connectivity index (χ4n) is 2.63. The van der Waals surface area contributed by atoms with Gasteiger partial charge in [0.15, 0.2) is 0 Å². The van der Waals surface area contributed by atoms with E-state index in [1.807, 2.05) is 11.8 Å². The number of nitrogens with zero attached hydrogens (tertiary/aromatic N) is 2. The fraction of sp³-hybridized carbons (Fsp3) is 0.571. The van der Waals surface area contributed by atoms with Crippen LogP contribution < -0.4 is 11.3 Å². The van der Waals surface area contributed by atoms with Crippen molar-refractivity contribution in [3.63, 3.8) is 0 Å². The van der Waals surface area contributed by atoms with Crippen molar-refractivity contribution in [3.8, 4) is 0 Å². The maximum Gasteiger partial charge on any atom is 0.274 e. The van der Waals surface area contributed by atoms with Crippen LogP contribution in [-0.4, -0.2) is 28.5 Å². The van der Waals surface area contributed by atoms with Gasteiger partial charge in [-0.05, 0) is 45.2 Å². The first-order chi connectivity index (χ1) is 9.02. The summed E-state index contributed by atoms with van der Waals surface area (Å²) in [6.07, 6.45) is 3.27. The first-order valence-electron chi connectivity index (χ1n) is 6.79. The molecule has 1 aromatic heterocycles. The average molecular weight is 263 g/mol. The lowest BCUT2D eigenvalue weighted by Crippen LogP contribution is -2.42. The molecule has 0 aliphatic carbocycles. The van der Waals surface area contributed by atoms with E-state index >= 15 is 0 Å². The summed E-state index contributed by atoms with van der Waals surface area (Å²) >= 11 is 0. The van der Waals surface area contributed by atoms with Crippen LogP contribution in [-0.2, 0) is 4.79 Å². The van der Waals surface area contributed by atoms with E-state index < -0.39 is 6.04 Å². The van der Waals surface area contributed by atoms with Crippen molar-refractivity contribution in [2.75, 3.05) is 18.8 Å². The van der Waals surface area contributed by atoms with Gasteiger partial charge in [0.05, 0.1) is 5.69 Å². The summed E-state index contributed by atoms with van der Waals surface area (Å²) < 4.78 is 1.49. The van der Waals surface area contributed by atoms with E-state index in [0.717, 1.165) is 31.6 Å². The van der Waals surface area contributed by atoms with Gasteiger partial charge in [-0.3, -0.25) is 14.2 Å². The zero-order valence-electron chi connectivity index (χ0n) is 11.6. The number of anilines is 1. The van der Waals surface area contributed by atoms with Crippen LogP contribution in [0.15, 0.2) is 16.9 Å². The summed E-state index contributed by atoms with van der Waals surface area (Å²) in [6.45, 7) is 5.17. The van der Waals surface area contributed by atoms with Crippen molar-refractivity contribution >= 4 is 11.6 Å². The number of piperidine rings is 1. The Morgan fingerprint density at radius 3 is 2.53 bits per heavy atom. The van der Waals surface area contributed by atoms with Crippen LogP contribution in [0.3, 0.4) is 0 Å². The fourth-order valence-corrected chi connectivity index (χ4v) is 2.63. The summed E-state index contributed by atoms with van der Waals surface area (Å²) in [7, 11) is 0. The Morgan fingerprint density at radius 2 is 1.89 bits per heavy atom. The van der Waals surface area contributed by atoms with Gasteiger partial charge >= 0.3 is 0 Å². The van der Waals surface area contributed by atoms with Crippen LogP contribution in [0.2, 0.25) is 0 Å². The molecule has 1 unspecified atom stereocenters. The van der Waals surface area contributed by atoms with E-state index in [0.29, 0.717) is 0 Å². The zero-order chi connectivity index (χ0) is 14.0. The Morgan fingerprint density at radius 1 is 1.26 bits per heavy atom. The molecule has 1 aliphatic rings. The molecule has 2 N–H and O–H groups in total. The molecule has 5 heteroatoms. The Balaban J connectivity index is 2.28. The Hall–Kier alpha value is -1.78. The first kappa shape index (κ1) is 13.6. The van der Waals surface area contributed by atoms with Gasteiger partial charge in [0.25, 0.3) is 5.56 Å². The summed E-state index contributed by atoms with van der Waals surface area (Å²) in [5.74, 6) is 0.00972. The number of likely N-dealkylation sites (tertiary alicyclic amines) is 1. The minimum Gasteiger partial charge on any atom is -0.394 e. The molecule has 2 heterocycles. The van der Waals surface area contributed by atoms with E-state index in [2.05, 4.69) is 0 Å². The zero-order valence-corrected chi connectivity index (χ0v) is 11.6. The van der Waals surface area contributed by atoms with Gasteiger partial charge in [0.2, 0.25) is 5.91 Å². The molecule has 19 heavy (non-hydrogen) atoms. The third kappa shape index (κ3) is 2.64. The van der Waals surface area contributed by atoms with Gasteiger partial charge in [-0.25, -0.2) is 0 Å². The number of aryl methyl sites for hydroxylation is 1. The highest BCUT2D eigenvalue weighted by atomic mass is 16.2. The number of hydrogen-bond acceptors (Lipinski definition) is 3. The molecule has 1 aromatic rings. The molecule has 1 aliphatic heterocycles. The predicted molar refractivity (Wildman–Crippen MR) is 75.0 cm³/mol. The highest BCUT2D eigenvalue weighted by molar-refractivity contribution is 5.80. The van der Waals surface area contributed by atoms with Crippen molar-refractivity contribution < 1.29 is 4.79 Å². The van der Waals surface area contributed by atoms with E-state index in [-0.39, 0.29) is 17.2 Å². The normalized spacial score (nSPS) is 17.3. The quantitative estimate of drug-likeness (QED) is 0.874. The largest absolute Gasteiger partial charge is 0.394 e. The Bertz CT molecular complexity index is 530. The lowest BCUT2D eigenvalue weighted by Gasteiger charge is -2.30. The minimum absolute atomic E-state index is 0.00972. The number of nitrogen functional groups attached to an aromatic ring is 1. The lowest BCUT2D eigenvalue weighted by atomic mass is 10.1. The van der Waals surface area contributed by atoms with Crippen molar-refractivity contribution in [2.45, 2.75) is 39.2 Å². The van der Waals surface area contributed by atoms with Crippen LogP contribution >= 0.6 is 0 Å². The number of hydrogen-bond donors (Lipinski definition) is 1. The highest BCUT2D eigenvalue weighted by Gasteiger charge is 2.25. The molecule has 0 saturated carbocycles. The van der Waals surface area contributed by atoms with E-state index in [4.69, 9.17) is 5.73 Å². The average Bonchev–Trinajstić information content (AvgIpc) is 2.43. The van der Waals surface area contributed by atoms with Crippen molar-refractivity contribution in [2.24, 2.45) is 0 Å². The maximum absolute atomic E-state index is 12.4. The molecule has 0 bridgehead atoms. The highest BCUT2D eigenvalue weighted by Crippen LogP contribution is 2.16. The van der Waals surface area contributed by atoms with Crippen molar-refractivity contribution in [3.05, 3.63) is 28.2 Å². The van der Waals surface area contributed by atoms with Gasteiger partial charge in [0, 0.05) is 18.8 Å². The molecule has 0 radical (unpaired) electrons. The van der Waals surface area contributed by atoms with Gasteiger partial charge in [0.1, 0.15) is 6.04 Å². The number of carbonyl (C=O) groups is 1. The monoisotopic (exact) mass is 263 g/mol. The number of rotatable bonds is 2. The Kier molecular flexibility index (Phi) is 3.93. The molecule has 104 valence electrons. The molecule has 5 nitrogen and oxygen atoms in total. The molecule has 1 saturated heterocycles. The standard InChI is InChI=1S/C14H21N3O2/c1-10-6-7-12(15)14(19)17(10)11(2)13(18)16-8-4-3-5-9-16/h6-7,11H,3-5,8-9,15H2,1-2H3. The van der Waals surface area contributed by atoms with Crippen LogP contribution in [0.25, 0.3) is 0 Å². The number of nitrogens with two attached hydrogens (primary N) is 1. The van der Waals surface area contributed by atoms with Crippen LogP contribution in [0.1, 0.15) is 37.9 Å². The minimum atomic E-state index is -0.492. The molecule has 1 amide bonds. The predicted octanol–water partition coefficient (Wildman–Crippen LogP) is 1.31. The van der Waals surface area contributed by atoms with E-state index in [1.165, 1.54) is 11.0 Å². The number of amides is 1. The number of pyridine rings is 1. The van der Waals surface area contributed by atoms with E-state index in [1.54, 1.807) is 19.1 Å². The topological polar surface area (TPSA) is 68.3 Å². The first-order valence-corrected chi connectivity index (χ1v) is 6.79. The molecular formula is C14H21N3O2. The second kappa shape index (κ2) is 5.47. The van der Waals surface area contributed by atoms with Crippen LogP contribution in [0, 0.1) is 6.92 Å². The summed E-state index contributed by atoms with van der Waals surface area (Å²) in [4.78, 5) is 26.4. The number of aromatic nitrogens is 1. The smallest absolute Gasteiger partial charge is 0.274 e. The molecule has 0 aromatic carbocycles. The third-order valence-corrected chi connectivity index (χ3v) is 3.76. The summed E-state index contributed by atoms with van der Waals surface area (Å²) in [5.41, 5.74) is 6.31. The van der Waals surface area contributed by atoms with Crippen LogP contribution in [0.5, 0.6) is 0 Å². The van der Waals surface area contributed by atoms with Gasteiger partial charge in [-0.2, -0.15) is 0 Å². The second-order valence-electron chi connectivity index (χ2n) is 5.17. The van der Waals surface area contributed by atoms with Crippen molar-refractivity contribution in [1.82, 2.24) is 9.47 Å². The summed E-state index contributed by atoms with van der Waals surface area (Å²) in [5, 5.41) is 0. The van der Waals surface area contributed by atoms with Crippen molar-refractivity contribution in [1.29, 1.82) is 0 Å². The molecule has 1 atom stereocenters. The SMILES string of the molecule is Cc1ccc(N)c(=O)n1C(C)C(=O)N1CCCCC1. The maximum atomic E-state index is 12.4. The number of carbonyl (C=O) groups excluding carboxylic acids is 1. The third-order valence-electron chi connectivity index (χ3n) is 3.76. The van der Waals surface area contributed by atoms with Gasteiger partial charge in [-0.15, -0.1) is 0 Å². The Labute approximate surface area is 113 Å². The van der Waals surface area contributed by atoms with Gasteiger partial charge in [-0.1, -0.05) is 0 Å².